The number of ether oxygens (including phenoxy) is 1. The van der Waals surface area contributed by atoms with Gasteiger partial charge >= 0.3 is 0 Å². The van der Waals surface area contributed by atoms with Crippen LogP contribution in [0.1, 0.15) is 11.3 Å². The molecule has 0 radical (unpaired) electrons. The Hall–Kier alpha value is -2.52. The zero-order valence-corrected chi connectivity index (χ0v) is 11.6. The van der Waals surface area contributed by atoms with Crippen molar-refractivity contribution in [1.29, 1.82) is 0 Å². The Labute approximate surface area is 120 Å². The van der Waals surface area contributed by atoms with E-state index in [0.717, 1.165) is 21.4 Å². The molecule has 6 heteroatoms. The van der Waals surface area contributed by atoms with Crippen molar-refractivity contribution in [1.82, 2.24) is 14.6 Å². The van der Waals surface area contributed by atoms with Crippen LogP contribution in [0.2, 0.25) is 0 Å². The van der Waals surface area contributed by atoms with Crippen LogP contribution in [-0.2, 0) is 6.54 Å². The first-order valence-electron chi connectivity index (χ1n) is 5.98. The van der Waals surface area contributed by atoms with Crippen LogP contribution in [0.5, 0.6) is 5.75 Å². The van der Waals surface area contributed by atoms with Gasteiger partial charge in [0.15, 0.2) is 0 Å². The highest BCUT2D eigenvalue weighted by Gasteiger charge is 2.07. The molecule has 0 fully saturated rings. The molecule has 5 nitrogen and oxygen atoms in total. The molecule has 0 bridgehead atoms. The Morgan fingerprint density at radius 3 is 2.90 bits per heavy atom. The molecule has 0 unspecified atom stereocenters. The minimum absolute atomic E-state index is 0.661. The molecular formula is C14H12N4OS. The van der Waals surface area contributed by atoms with Gasteiger partial charge in [-0.3, -0.25) is 0 Å². The Morgan fingerprint density at radius 1 is 1.40 bits per heavy atom. The summed E-state index contributed by atoms with van der Waals surface area (Å²) >= 11 is 1.47. The minimum Gasteiger partial charge on any atom is -0.497 e. The quantitative estimate of drug-likeness (QED) is 0.747. The average Bonchev–Trinajstić information content (AvgIpc) is 3.05. The molecule has 1 N–H and O–H groups in total. The summed E-state index contributed by atoms with van der Waals surface area (Å²) in [6.07, 6.45) is 7.03. The van der Waals surface area contributed by atoms with Crippen LogP contribution < -0.4 is 10.1 Å². The zero-order valence-electron chi connectivity index (χ0n) is 10.8. The van der Waals surface area contributed by atoms with Gasteiger partial charge in [0.2, 0.25) is 10.1 Å². The maximum atomic E-state index is 5.38. The van der Waals surface area contributed by atoms with Crippen molar-refractivity contribution >= 4 is 21.4 Å². The van der Waals surface area contributed by atoms with Gasteiger partial charge in [-0.05, 0) is 23.6 Å². The smallest absolute Gasteiger partial charge is 0.215 e. The fourth-order valence-electron chi connectivity index (χ4n) is 1.78. The van der Waals surface area contributed by atoms with Gasteiger partial charge in [-0.2, -0.15) is 4.52 Å². The normalized spacial score (nSPS) is 10.4. The van der Waals surface area contributed by atoms with E-state index in [2.05, 4.69) is 21.3 Å². The molecule has 0 spiro atoms. The van der Waals surface area contributed by atoms with E-state index in [1.807, 2.05) is 24.3 Å². The molecule has 100 valence electrons. The van der Waals surface area contributed by atoms with Crippen LogP contribution in [0, 0.1) is 12.3 Å². The molecule has 2 aromatic heterocycles. The summed E-state index contributed by atoms with van der Waals surface area (Å²) in [5, 5.41) is 8.44. The molecule has 20 heavy (non-hydrogen) atoms. The number of hydrogen-bond acceptors (Lipinski definition) is 5. The van der Waals surface area contributed by atoms with Crippen molar-refractivity contribution in [2.75, 3.05) is 12.4 Å². The van der Waals surface area contributed by atoms with Crippen LogP contribution in [0.15, 0.2) is 30.5 Å². The number of rotatable bonds is 4. The number of nitrogens with zero attached hydrogens (tertiary/aromatic N) is 3. The van der Waals surface area contributed by atoms with Gasteiger partial charge in [0.25, 0.3) is 0 Å². The second kappa shape index (κ2) is 5.23. The molecule has 1 aromatic carbocycles. The maximum absolute atomic E-state index is 5.38. The lowest BCUT2D eigenvalue weighted by atomic mass is 10.2. The van der Waals surface area contributed by atoms with Gasteiger partial charge in [-0.1, -0.05) is 23.5 Å². The fourth-order valence-corrected chi connectivity index (χ4v) is 2.55. The van der Waals surface area contributed by atoms with Crippen LogP contribution >= 0.6 is 11.3 Å². The molecule has 2 heterocycles. The zero-order chi connectivity index (χ0) is 13.9. The van der Waals surface area contributed by atoms with Gasteiger partial charge in [0.1, 0.15) is 11.4 Å². The van der Waals surface area contributed by atoms with E-state index in [9.17, 15) is 0 Å². The third-order valence-corrected chi connectivity index (χ3v) is 3.72. The van der Waals surface area contributed by atoms with Crippen molar-refractivity contribution in [3.05, 3.63) is 41.7 Å². The summed E-state index contributed by atoms with van der Waals surface area (Å²) in [5.74, 6) is 3.40. The standard InChI is InChI=1S/C14H12N4OS/c1-3-11-9-16-14-18(11)17-13(20-14)15-8-10-4-6-12(19-2)7-5-10/h1,4-7,9H,8H2,2H3,(H,15,17). The lowest BCUT2D eigenvalue weighted by Crippen LogP contribution is -2.00. The molecule has 0 aliphatic rings. The number of hydrogen-bond donors (Lipinski definition) is 1. The Morgan fingerprint density at radius 2 is 2.20 bits per heavy atom. The Kier molecular flexibility index (Phi) is 3.27. The van der Waals surface area contributed by atoms with E-state index in [-0.39, 0.29) is 0 Å². The van der Waals surface area contributed by atoms with Gasteiger partial charge in [-0.25, -0.2) is 4.98 Å². The highest BCUT2D eigenvalue weighted by Crippen LogP contribution is 2.20. The number of nitrogens with one attached hydrogen (secondary N) is 1. The molecule has 0 amide bonds. The van der Waals surface area contributed by atoms with Gasteiger partial charge in [0, 0.05) is 6.54 Å². The summed E-state index contributed by atoms with van der Waals surface area (Å²) < 4.78 is 6.79. The predicted octanol–water partition coefficient (Wildman–Crippen LogP) is 2.39. The Balaban J connectivity index is 1.73. The van der Waals surface area contributed by atoms with E-state index in [4.69, 9.17) is 11.2 Å². The Bertz CT molecular complexity index is 767. The predicted molar refractivity (Wildman–Crippen MR) is 79.1 cm³/mol. The monoisotopic (exact) mass is 284 g/mol. The third kappa shape index (κ3) is 2.31. The van der Waals surface area contributed by atoms with Gasteiger partial charge in [-0.15, -0.1) is 11.5 Å². The summed E-state index contributed by atoms with van der Waals surface area (Å²) in [6.45, 7) is 0.687. The number of aromatic nitrogens is 3. The van der Waals surface area contributed by atoms with Gasteiger partial charge < -0.3 is 10.1 Å². The van der Waals surface area contributed by atoms with E-state index in [0.29, 0.717) is 12.2 Å². The second-order valence-electron chi connectivity index (χ2n) is 4.09. The van der Waals surface area contributed by atoms with Crippen molar-refractivity contribution in [2.45, 2.75) is 6.54 Å². The number of terminal acetylenes is 1. The summed E-state index contributed by atoms with van der Waals surface area (Å²) in [7, 11) is 1.65. The molecule has 0 saturated carbocycles. The molecule has 3 rings (SSSR count). The number of fused-ring (bicyclic) bond motifs is 1. The molecule has 0 aliphatic heterocycles. The number of methoxy groups -OCH3 is 1. The number of benzene rings is 1. The van der Waals surface area contributed by atoms with E-state index in [1.165, 1.54) is 11.3 Å². The lowest BCUT2D eigenvalue weighted by molar-refractivity contribution is 0.414. The van der Waals surface area contributed by atoms with Crippen molar-refractivity contribution in [2.24, 2.45) is 0 Å². The molecular weight excluding hydrogens is 272 g/mol. The minimum atomic E-state index is 0.661. The highest BCUT2D eigenvalue weighted by atomic mass is 32.1. The lowest BCUT2D eigenvalue weighted by Gasteiger charge is -2.04. The molecule has 0 atom stereocenters. The molecule has 3 aromatic rings. The van der Waals surface area contributed by atoms with E-state index >= 15 is 0 Å². The largest absolute Gasteiger partial charge is 0.497 e. The summed E-state index contributed by atoms with van der Waals surface area (Å²) in [6, 6.07) is 7.89. The number of anilines is 1. The van der Waals surface area contributed by atoms with Crippen LogP contribution in [0.25, 0.3) is 4.96 Å². The van der Waals surface area contributed by atoms with Crippen molar-refractivity contribution < 1.29 is 4.74 Å². The van der Waals surface area contributed by atoms with E-state index in [1.54, 1.807) is 17.8 Å². The average molecular weight is 284 g/mol. The molecule has 0 saturated heterocycles. The van der Waals surface area contributed by atoms with Crippen LogP contribution in [-0.4, -0.2) is 21.7 Å². The topological polar surface area (TPSA) is 51.5 Å². The first-order chi connectivity index (χ1) is 9.80. The van der Waals surface area contributed by atoms with E-state index < -0.39 is 0 Å². The SMILES string of the molecule is C#Cc1cnc2sc(NCc3ccc(OC)cc3)nn12. The third-order valence-electron chi connectivity index (χ3n) is 2.84. The van der Waals surface area contributed by atoms with Crippen molar-refractivity contribution in [3.63, 3.8) is 0 Å². The van der Waals surface area contributed by atoms with Crippen molar-refractivity contribution in [3.8, 4) is 18.1 Å². The summed E-state index contributed by atoms with van der Waals surface area (Å²) in [5.41, 5.74) is 1.81. The highest BCUT2D eigenvalue weighted by molar-refractivity contribution is 7.20. The van der Waals surface area contributed by atoms with Crippen LogP contribution in [0.3, 0.4) is 0 Å². The molecule has 0 aliphatic carbocycles. The summed E-state index contributed by atoms with van der Waals surface area (Å²) in [4.78, 5) is 4.99. The fraction of sp³-hybridized carbons (Fsp3) is 0.143. The number of imidazole rings is 1. The second-order valence-corrected chi connectivity index (χ2v) is 5.05. The van der Waals surface area contributed by atoms with Crippen LogP contribution in [0.4, 0.5) is 5.13 Å². The maximum Gasteiger partial charge on any atom is 0.215 e. The van der Waals surface area contributed by atoms with Gasteiger partial charge in [0.05, 0.1) is 13.3 Å². The first kappa shape index (κ1) is 12.5. The first-order valence-corrected chi connectivity index (χ1v) is 6.80.